The number of benzene rings is 1. The van der Waals surface area contributed by atoms with Crippen molar-refractivity contribution in [2.75, 3.05) is 6.61 Å². The molecule has 2 aliphatic rings. The summed E-state index contributed by atoms with van der Waals surface area (Å²) in [6, 6.07) is 8.84. The van der Waals surface area contributed by atoms with E-state index in [1.165, 1.54) is 0 Å². The van der Waals surface area contributed by atoms with Crippen LogP contribution in [0.25, 0.3) is 0 Å². The summed E-state index contributed by atoms with van der Waals surface area (Å²) in [4.78, 5) is 11.7. The Balaban J connectivity index is 1.49. The van der Waals surface area contributed by atoms with Gasteiger partial charge in [0, 0.05) is 11.6 Å². The van der Waals surface area contributed by atoms with E-state index in [9.17, 15) is 4.79 Å². The maximum absolute atomic E-state index is 11.7. The largest absolute Gasteiger partial charge is 0.482 e. The van der Waals surface area contributed by atoms with Crippen LogP contribution in [0.3, 0.4) is 0 Å². The highest BCUT2D eigenvalue weighted by Gasteiger charge is 2.37. The lowest BCUT2D eigenvalue weighted by atomic mass is 9.74. The topological polar surface area (TPSA) is 74.5 Å². The van der Waals surface area contributed by atoms with Gasteiger partial charge in [0.25, 0.3) is 5.91 Å². The number of allylic oxidation sites excluding steroid dienone is 2. The Morgan fingerprint density at radius 3 is 3.14 bits per heavy atom. The summed E-state index contributed by atoms with van der Waals surface area (Å²) in [5.41, 5.74) is 3.98. The molecule has 5 nitrogen and oxygen atoms in total. The Labute approximate surface area is 122 Å². The number of carbonyl (C=O) groups is 1. The number of hydrazone groups is 1. The zero-order valence-electron chi connectivity index (χ0n) is 11.5. The third kappa shape index (κ3) is 2.79. The predicted molar refractivity (Wildman–Crippen MR) is 77.6 cm³/mol. The Bertz CT molecular complexity index is 658. The van der Waals surface area contributed by atoms with E-state index in [1.807, 2.05) is 6.07 Å². The first-order valence-electron chi connectivity index (χ1n) is 6.92. The Morgan fingerprint density at radius 1 is 1.48 bits per heavy atom. The van der Waals surface area contributed by atoms with E-state index < -0.39 is 0 Å². The lowest BCUT2D eigenvalue weighted by Crippen LogP contribution is -2.36. The smallest absolute Gasteiger partial charge is 0.277 e. The lowest BCUT2D eigenvalue weighted by Gasteiger charge is -2.31. The van der Waals surface area contributed by atoms with Crippen molar-refractivity contribution in [1.29, 1.82) is 5.26 Å². The fraction of sp³-hybridized carbons (Fsp3) is 0.312. The number of hydrogen-bond donors (Lipinski definition) is 1. The van der Waals surface area contributed by atoms with Crippen LogP contribution in [0.4, 0.5) is 0 Å². The SMILES string of the molecule is N#Cc1ccccc1OCC(=O)N/N=C1/C[C@@H]2C=CC[C@H]12. The molecule has 1 N–H and O–H groups in total. The van der Waals surface area contributed by atoms with Crippen LogP contribution in [0.15, 0.2) is 41.5 Å². The predicted octanol–water partition coefficient (Wildman–Crippen LogP) is 2.01. The van der Waals surface area contributed by atoms with Crippen LogP contribution in [0.1, 0.15) is 18.4 Å². The van der Waals surface area contributed by atoms with Gasteiger partial charge < -0.3 is 4.74 Å². The minimum Gasteiger partial charge on any atom is -0.482 e. The molecule has 3 rings (SSSR count). The molecule has 0 unspecified atom stereocenters. The highest BCUT2D eigenvalue weighted by Crippen LogP contribution is 2.39. The zero-order chi connectivity index (χ0) is 14.7. The Morgan fingerprint density at radius 2 is 2.33 bits per heavy atom. The fourth-order valence-electron chi connectivity index (χ4n) is 2.66. The summed E-state index contributed by atoms with van der Waals surface area (Å²) in [6.07, 6.45) is 6.33. The van der Waals surface area contributed by atoms with E-state index in [2.05, 4.69) is 22.7 Å². The molecular formula is C16H15N3O2. The van der Waals surface area contributed by atoms with Gasteiger partial charge >= 0.3 is 0 Å². The van der Waals surface area contributed by atoms with Gasteiger partial charge in [0.2, 0.25) is 0 Å². The van der Waals surface area contributed by atoms with E-state index in [0.29, 0.717) is 23.1 Å². The fourth-order valence-corrected chi connectivity index (χ4v) is 2.66. The van der Waals surface area contributed by atoms with Gasteiger partial charge in [-0.3, -0.25) is 4.79 Å². The minimum atomic E-state index is -0.315. The number of amides is 1. The maximum atomic E-state index is 11.7. The molecule has 2 aliphatic carbocycles. The zero-order valence-corrected chi connectivity index (χ0v) is 11.5. The molecule has 0 aromatic heterocycles. The molecular weight excluding hydrogens is 266 g/mol. The van der Waals surface area contributed by atoms with Crippen LogP contribution in [0.5, 0.6) is 5.75 Å². The lowest BCUT2D eigenvalue weighted by molar-refractivity contribution is -0.123. The van der Waals surface area contributed by atoms with Crippen LogP contribution in [0.2, 0.25) is 0 Å². The number of hydrogen-bond acceptors (Lipinski definition) is 4. The monoisotopic (exact) mass is 281 g/mol. The summed E-state index contributed by atoms with van der Waals surface area (Å²) in [7, 11) is 0. The number of nitrogens with one attached hydrogen (secondary N) is 1. The van der Waals surface area contributed by atoms with Gasteiger partial charge in [0.05, 0.1) is 5.56 Å². The number of rotatable bonds is 4. The Hall–Kier alpha value is -2.61. The molecule has 106 valence electrons. The van der Waals surface area contributed by atoms with Crippen molar-refractivity contribution in [3.05, 3.63) is 42.0 Å². The van der Waals surface area contributed by atoms with Crippen molar-refractivity contribution in [1.82, 2.24) is 5.43 Å². The van der Waals surface area contributed by atoms with Crippen LogP contribution >= 0.6 is 0 Å². The average molecular weight is 281 g/mol. The second-order valence-corrected chi connectivity index (χ2v) is 5.17. The van der Waals surface area contributed by atoms with Gasteiger partial charge in [-0.2, -0.15) is 10.4 Å². The normalized spacial score (nSPS) is 24.0. The number of ether oxygens (including phenoxy) is 1. The number of nitriles is 1. The summed E-state index contributed by atoms with van der Waals surface area (Å²) >= 11 is 0. The van der Waals surface area contributed by atoms with Crippen molar-refractivity contribution < 1.29 is 9.53 Å². The Kier molecular flexibility index (Phi) is 3.69. The molecule has 0 spiro atoms. The summed E-state index contributed by atoms with van der Waals surface area (Å²) in [5.74, 6) is 1.18. The molecule has 1 aromatic rings. The number of carbonyl (C=O) groups excluding carboxylic acids is 1. The molecule has 0 heterocycles. The first kappa shape index (κ1) is 13.4. The van der Waals surface area contributed by atoms with Crippen LogP contribution in [-0.4, -0.2) is 18.2 Å². The second kappa shape index (κ2) is 5.80. The molecule has 0 radical (unpaired) electrons. The van der Waals surface area contributed by atoms with E-state index in [0.717, 1.165) is 18.6 Å². The van der Waals surface area contributed by atoms with Crippen LogP contribution in [0, 0.1) is 23.2 Å². The summed E-state index contributed by atoms with van der Waals surface area (Å²) in [5, 5.41) is 13.1. The molecule has 0 bridgehead atoms. The maximum Gasteiger partial charge on any atom is 0.277 e. The molecule has 0 aliphatic heterocycles. The molecule has 5 heteroatoms. The standard InChI is InChI=1S/C16H15N3O2/c17-9-12-4-1-2-7-15(12)21-10-16(20)19-18-14-8-11-5-3-6-13(11)14/h1-5,7,11,13H,6,8,10H2,(H,19,20)/b18-14-/t11-,13-/m0/s1. The van der Waals surface area contributed by atoms with Gasteiger partial charge in [0.15, 0.2) is 6.61 Å². The number of fused-ring (bicyclic) bond motifs is 1. The van der Waals surface area contributed by atoms with E-state index in [-0.39, 0.29) is 12.5 Å². The van der Waals surface area contributed by atoms with E-state index >= 15 is 0 Å². The third-order valence-corrected chi connectivity index (χ3v) is 3.85. The van der Waals surface area contributed by atoms with E-state index in [4.69, 9.17) is 10.00 Å². The van der Waals surface area contributed by atoms with Crippen molar-refractivity contribution >= 4 is 11.6 Å². The minimum absolute atomic E-state index is 0.151. The molecule has 1 saturated carbocycles. The molecule has 1 aromatic carbocycles. The quantitative estimate of drug-likeness (QED) is 0.677. The summed E-state index contributed by atoms with van der Waals surface area (Å²) < 4.78 is 5.34. The average Bonchev–Trinajstić information content (AvgIpc) is 2.87. The van der Waals surface area contributed by atoms with Gasteiger partial charge in [-0.25, -0.2) is 5.43 Å². The molecule has 21 heavy (non-hydrogen) atoms. The van der Waals surface area contributed by atoms with Crippen LogP contribution in [-0.2, 0) is 4.79 Å². The second-order valence-electron chi connectivity index (χ2n) is 5.17. The first-order valence-corrected chi connectivity index (χ1v) is 6.92. The number of para-hydroxylation sites is 1. The number of nitrogens with zero attached hydrogens (tertiary/aromatic N) is 2. The van der Waals surface area contributed by atoms with Gasteiger partial charge in [-0.15, -0.1) is 0 Å². The first-order chi connectivity index (χ1) is 10.3. The molecule has 1 amide bonds. The highest BCUT2D eigenvalue weighted by molar-refractivity contribution is 5.94. The van der Waals surface area contributed by atoms with Crippen molar-refractivity contribution in [2.24, 2.45) is 16.9 Å². The molecule has 1 fully saturated rings. The molecule has 2 atom stereocenters. The van der Waals surface area contributed by atoms with Crippen molar-refractivity contribution in [3.8, 4) is 11.8 Å². The van der Waals surface area contributed by atoms with E-state index in [1.54, 1.807) is 24.3 Å². The highest BCUT2D eigenvalue weighted by atomic mass is 16.5. The molecule has 0 saturated heterocycles. The van der Waals surface area contributed by atoms with Gasteiger partial charge in [-0.05, 0) is 30.9 Å². The van der Waals surface area contributed by atoms with Crippen molar-refractivity contribution in [3.63, 3.8) is 0 Å². The van der Waals surface area contributed by atoms with Crippen LogP contribution < -0.4 is 10.2 Å². The van der Waals surface area contributed by atoms with Gasteiger partial charge in [0.1, 0.15) is 11.8 Å². The third-order valence-electron chi connectivity index (χ3n) is 3.85. The summed E-state index contributed by atoms with van der Waals surface area (Å²) in [6.45, 7) is -0.151. The van der Waals surface area contributed by atoms with Gasteiger partial charge in [-0.1, -0.05) is 24.3 Å². The van der Waals surface area contributed by atoms with Crippen molar-refractivity contribution in [2.45, 2.75) is 12.8 Å².